The molecule has 12 rings (SSSR count). The number of nitrogens with zero attached hydrogens (tertiary/aromatic N) is 3. The molecule has 4 heteroatoms. The van der Waals surface area contributed by atoms with E-state index in [1.807, 2.05) is 6.07 Å². The predicted molar refractivity (Wildman–Crippen MR) is 274 cm³/mol. The molecule has 0 radical (unpaired) electrons. The summed E-state index contributed by atoms with van der Waals surface area (Å²) in [5, 5.41) is 4.45. The van der Waals surface area contributed by atoms with Gasteiger partial charge in [-0.2, -0.15) is 0 Å². The Labute approximate surface area is 383 Å². The summed E-state index contributed by atoms with van der Waals surface area (Å²) in [6.07, 6.45) is 0. The first-order valence-electron chi connectivity index (χ1n) is 22.3. The van der Waals surface area contributed by atoms with Crippen molar-refractivity contribution in [3.63, 3.8) is 0 Å². The van der Waals surface area contributed by atoms with E-state index in [4.69, 9.17) is 14.4 Å². The van der Waals surface area contributed by atoms with E-state index in [1.54, 1.807) is 0 Å². The summed E-state index contributed by atoms with van der Waals surface area (Å²) in [6, 6.07) is 87.4. The summed E-state index contributed by atoms with van der Waals surface area (Å²) in [4.78, 5) is 12.8. The van der Waals surface area contributed by atoms with Crippen molar-refractivity contribution in [2.45, 2.75) is 0 Å². The molecule has 4 nitrogen and oxygen atoms in total. The molecule has 310 valence electrons. The summed E-state index contributed by atoms with van der Waals surface area (Å²) in [7, 11) is 0. The largest absolute Gasteiger partial charge is 0.456 e. The molecule has 0 fully saturated rings. The molecule has 12 aromatic rings. The van der Waals surface area contributed by atoms with Crippen LogP contribution in [0.5, 0.6) is 0 Å². The second-order valence-electron chi connectivity index (χ2n) is 16.6. The van der Waals surface area contributed by atoms with E-state index in [1.165, 1.54) is 22.1 Å². The van der Waals surface area contributed by atoms with Crippen LogP contribution in [-0.2, 0) is 0 Å². The molecule has 0 unspecified atom stereocenters. The normalized spacial score (nSPS) is 11.3. The number of aromatic nitrogens is 2. The minimum atomic E-state index is 0.670. The third-order valence-corrected chi connectivity index (χ3v) is 12.5. The molecule has 2 aromatic heterocycles. The van der Waals surface area contributed by atoms with E-state index >= 15 is 0 Å². The third-order valence-electron chi connectivity index (χ3n) is 12.5. The van der Waals surface area contributed by atoms with Gasteiger partial charge in [-0.3, -0.25) is 0 Å². The van der Waals surface area contributed by atoms with E-state index < -0.39 is 0 Å². The lowest BCUT2D eigenvalue weighted by Gasteiger charge is -2.26. The summed E-state index contributed by atoms with van der Waals surface area (Å²) >= 11 is 0. The SMILES string of the molecule is c1ccc(-c2ccc(N(c3cccc(-c4ccccc4)c3)c3ccc4c(c3)oc3cccc(-c5cccc(-c6nc(-c7ccccc7)cc(-c7cccc8ccccc78)n6)c5)c34)cc2)cc1. The van der Waals surface area contributed by atoms with Crippen molar-refractivity contribution >= 4 is 49.8 Å². The fraction of sp³-hybridized carbons (Fsp3) is 0. The molecule has 0 spiro atoms. The number of fused-ring (bicyclic) bond motifs is 4. The van der Waals surface area contributed by atoms with Gasteiger partial charge in [0.1, 0.15) is 11.2 Å². The molecular formula is C62H41N3O. The van der Waals surface area contributed by atoms with E-state index in [0.717, 1.165) is 89.2 Å². The highest BCUT2D eigenvalue weighted by Crippen LogP contribution is 2.43. The lowest BCUT2D eigenvalue weighted by molar-refractivity contribution is 0.669. The van der Waals surface area contributed by atoms with Crippen LogP contribution in [0.1, 0.15) is 0 Å². The minimum Gasteiger partial charge on any atom is -0.456 e. The molecule has 0 aliphatic carbocycles. The van der Waals surface area contributed by atoms with Crippen LogP contribution in [0, 0.1) is 0 Å². The molecule has 0 amide bonds. The van der Waals surface area contributed by atoms with Crippen LogP contribution in [0.15, 0.2) is 253 Å². The number of furan rings is 1. The fourth-order valence-corrected chi connectivity index (χ4v) is 9.28. The standard InChI is InChI=1S/C62H41N3O/c1-4-16-42(17-5-1)44-32-34-50(35-33-44)65(51-27-13-24-47(39-51)43-18-6-2-7-19-43)52-36-37-56-60(40-52)66-59-31-15-29-54(61(56)59)48-25-12-26-49(38-48)62-63-57(46-21-8-3-9-22-46)41-58(64-62)55-30-14-23-45-20-10-11-28-53(45)55/h1-41H. The van der Waals surface area contributed by atoms with Gasteiger partial charge in [-0.05, 0) is 98.8 Å². The Kier molecular flexibility index (Phi) is 9.81. The number of rotatable bonds is 9. The van der Waals surface area contributed by atoms with Crippen LogP contribution in [0.3, 0.4) is 0 Å². The Morgan fingerprint density at radius 1 is 0.303 bits per heavy atom. The molecule has 2 heterocycles. The van der Waals surface area contributed by atoms with Crippen molar-refractivity contribution in [3.05, 3.63) is 249 Å². The lowest BCUT2D eigenvalue weighted by Crippen LogP contribution is -2.10. The highest BCUT2D eigenvalue weighted by Gasteiger charge is 2.19. The zero-order chi connectivity index (χ0) is 43.8. The molecule has 0 aliphatic heterocycles. The van der Waals surface area contributed by atoms with Gasteiger partial charge in [0.05, 0.1) is 11.4 Å². The van der Waals surface area contributed by atoms with Crippen molar-refractivity contribution in [3.8, 4) is 67.3 Å². The van der Waals surface area contributed by atoms with Crippen LogP contribution in [0.2, 0.25) is 0 Å². The number of anilines is 3. The fourth-order valence-electron chi connectivity index (χ4n) is 9.28. The van der Waals surface area contributed by atoms with Gasteiger partial charge in [0.25, 0.3) is 0 Å². The maximum Gasteiger partial charge on any atom is 0.160 e. The van der Waals surface area contributed by atoms with Crippen LogP contribution < -0.4 is 4.90 Å². The lowest BCUT2D eigenvalue weighted by atomic mass is 9.97. The van der Waals surface area contributed by atoms with Crippen LogP contribution in [0.4, 0.5) is 17.1 Å². The molecule has 0 saturated heterocycles. The van der Waals surface area contributed by atoms with E-state index in [0.29, 0.717) is 5.82 Å². The van der Waals surface area contributed by atoms with Gasteiger partial charge in [-0.1, -0.05) is 188 Å². The smallest absolute Gasteiger partial charge is 0.160 e. The number of hydrogen-bond donors (Lipinski definition) is 0. The van der Waals surface area contributed by atoms with Crippen molar-refractivity contribution < 1.29 is 4.42 Å². The van der Waals surface area contributed by atoms with Crippen molar-refractivity contribution in [1.29, 1.82) is 0 Å². The molecule has 0 saturated carbocycles. The molecule has 66 heavy (non-hydrogen) atoms. The minimum absolute atomic E-state index is 0.670. The maximum absolute atomic E-state index is 6.78. The van der Waals surface area contributed by atoms with Gasteiger partial charge >= 0.3 is 0 Å². The second-order valence-corrected chi connectivity index (χ2v) is 16.6. The first-order chi connectivity index (χ1) is 32.7. The van der Waals surface area contributed by atoms with Crippen LogP contribution in [-0.4, -0.2) is 9.97 Å². The molecule has 0 aliphatic rings. The Morgan fingerprint density at radius 2 is 0.864 bits per heavy atom. The predicted octanol–water partition coefficient (Wildman–Crippen LogP) is 17.0. The van der Waals surface area contributed by atoms with E-state index in [9.17, 15) is 0 Å². The van der Waals surface area contributed by atoms with Crippen molar-refractivity contribution in [2.75, 3.05) is 4.90 Å². The zero-order valence-corrected chi connectivity index (χ0v) is 35.9. The second kappa shape index (κ2) is 16.7. The Bertz CT molecular complexity index is 3690. The summed E-state index contributed by atoms with van der Waals surface area (Å²) in [6.45, 7) is 0. The van der Waals surface area contributed by atoms with Crippen LogP contribution in [0.25, 0.3) is 100.0 Å². The molecule has 10 aromatic carbocycles. The third kappa shape index (κ3) is 7.27. The van der Waals surface area contributed by atoms with Gasteiger partial charge in [-0.25, -0.2) is 9.97 Å². The zero-order valence-electron chi connectivity index (χ0n) is 35.9. The Hall–Kier alpha value is -8.86. The summed E-state index contributed by atoms with van der Waals surface area (Å²) in [5.41, 5.74) is 16.4. The monoisotopic (exact) mass is 843 g/mol. The maximum atomic E-state index is 6.78. The summed E-state index contributed by atoms with van der Waals surface area (Å²) in [5.74, 6) is 0.670. The molecule has 0 N–H and O–H groups in total. The van der Waals surface area contributed by atoms with Crippen molar-refractivity contribution in [2.24, 2.45) is 0 Å². The van der Waals surface area contributed by atoms with Gasteiger partial charge in [0.15, 0.2) is 5.82 Å². The van der Waals surface area contributed by atoms with Gasteiger partial charge < -0.3 is 9.32 Å². The first kappa shape index (κ1) is 38.8. The number of hydrogen-bond acceptors (Lipinski definition) is 4. The first-order valence-corrected chi connectivity index (χ1v) is 22.3. The highest BCUT2D eigenvalue weighted by molar-refractivity contribution is 6.13. The average molecular weight is 844 g/mol. The van der Waals surface area contributed by atoms with Gasteiger partial charge in [-0.15, -0.1) is 0 Å². The topological polar surface area (TPSA) is 42.2 Å². The molecule has 0 bridgehead atoms. The van der Waals surface area contributed by atoms with E-state index in [-0.39, 0.29) is 0 Å². The van der Waals surface area contributed by atoms with Crippen molar-refractivity contribution in [1.82, 2.24) is 9.97 Å². The Balaban J connectivity index is 0.963. The molecule has 0 atom stereocenters. The number of benzene rings is 10. The average Bonchev–Trinajstić information content (AvgIpc) is 3.78. The summed E-state index contributed by atoms with van der Waals surface area (Å²) < 4.78 is 6.78. The molecular weight excluding hydrogens is 803 g/mol. The quantitative estimate of drug-likeness (QED) is 0.145. The highest BCUT2D eigenvalue weighted by atomic mass is 16.3. The Morgan fingerprint density at radius 3 is 1.67 bits per heavy atom. The van der Waals surface area contributed by atoms with Crippen LogP contribution >= 0.6 is 0 Å². The van der Waals surface area contributed by atoms with Gasteiger partial charge in [0, 0.05) is 50.6 Å². The van der Waals surface area contributed by atoms with Gasteiger partial charge in [0.2, 0.25) is 0 Å². The van der Waals surface area contributed by atoms with E-state index in [2.05, 4.69) is 248 Å².